The fraction of sp³-hybridized carbons (Fsp3) is 0.258. The Labute approximate surface area is 203 Å². The average Bonchev–Trinajstić information content (AvgIpc) is 2.88. The van der Waals surface area contributed by atoms with Crippen molar-refractivity contribution in [3.05, 3.63) is 131 Å². The fourth-order valence-corrected chi connectivity index (χ4v) is 4.43. The van der Waals surface area contributed by atoms with Crippen LogP contribution in [-0.2, 0) is 13.0 Å². The number of hydrogen-bond donors (Lipinski definition) is 1. The van der Waals surface area contributed by atoms with Gasteiger partial charge in [0.25, 0.3) is 0 Å². The lowest BCUT2D eigenvalue weighted by molar-refractivity contribution is 0.299. The minimum Gasteiger partial charge on any atom is -0.487 e. The van der Waals surface area contributed by atoms with E-state index >= 15 is 0 Å². The lowest BCUT2D eigenvalue weighted by Crippen LogP contribution is -2.30. The zero-order valence-electron chi connectivity index (χ0n) is 20.2. The summed E-state index contributed by atoms with van der Waals surface area (Å²) in [5.74, 6) is 1.32. The second kappa shape index (κ2) is 12.2. The number of aryl methyl sites for hydroxylation is 1. The van der Waals surface area contributed by atoms with E-state index in [2.05, 4.69) is 103 Å². The van der Waals surface area contributed by atoms with Crippen molar-refractivity contribution in [2.24, 2.45) is 0 Å². The van der Waals surface area contributed by atoms with E-state index in [4.69, 9.17) is 4.74 Å². The van der Waals surface area contributed by atoms with E-state index in [1.165, 1.54) is 16.7 Å². The Bertz CT molecular complexity index is 1090. The Hall–Kier alpha value is -3.43. The standard InChI is InChI=1S/C31H34N2O/c1-24-21-26(16-17-31(24)34-23-29-15-9-10-19-33-29)22-25(2)32-20-18-30(27-11-5-3-6-12-27)28-13-7-4-8-14-28/h3-17,19,21,25,30,32H,18,20,22-23H2,1-2H3. The van der Waals surface area contributed by atoms with E-state index < -0.39 is 0 Å². The van der Waals surface area contributed by atoms with Gasteiger partial charge in [0.15, 0.2) is 0 Å². The maximum Gasteiger partial charge on any atom is 0.130 e. The molecule has 4 aromatic rings. The molecule has 0 amide bonds. The molecule has 0 aliphatic carbocycles. The topological polar surface area (TPSA) is 34.1 Å². The van der Waals surface area contributed by atoms with E-state index in [0.29, 0.717) is 18.6 Å². The molecule has 1 atom stereocenters. The van der Waals surface area contributed by atoms with Gasteiger partial charge in [-0.2, -0.15) is 0 Å². The minimum absolute atomic E-state index is 0.395. The van der Waals surface area contributed by atoms with Gasteiger partial charge in [0.05, 0.1) is 5.69 Å². The number of pyridine rings is 1. The Morgan fingerprint density at radius 2 is 1.50 bits per heavy atom. The van der Waals surface area contributed by atoms with Crippen LogP contribution in [0.4, 0.5) is 0 Å². The van der Waals surface area contributed by atoms with Crippen LogP contribution in [0.2, 0.25) is 0 Å². The molecular weight excluding hydrogens is 416 g/mol. The first-order chi connectivity index (χ1) is 16.7. The number of hydrogen-bond acceptors (Lipinski definition) is 3. The van der Waals surface area contributed by atoms with Crippen molar-refractivity contribution in [1.82, 2.24) is 10.3 Å². The largest absolute Gasteiger partial charge is 0.487 e. The predicted octanol–water partition coefficient (Wildman–Crippen LogP) is 6.71. The van der Waals surface area contributed by atoms with E-state index in [1.54, 1.807) is 6.20 Å². The predicted molar refractivity (Wildman–Crippen MR) is 140 cm³/mol. The maximum atomic E-state index is 5.98. The van der Waals surface area contributed by atoms with Crippen LogP contribution in [0.25, 0.3) is 0 Å². The molecule has 1 unspecified atom stereocenters. The minimum atomic E-state index is 0.395. The van der Waals surface area contributed by atoms with Gasteiger partial charge in [0, 0.05) is 18.2 Å². The molecule has 0 saturated carbocycles. The third-order valence-electron chi connectivity index (χ3n) is 6.21. The van der Waals surface area contributed by atoms with Crippen LogP contribution in [-0.4, -0.2) is 17.6 Å². The molecule has 0 radical (unpaired) electrons. The van der Waals surface area contributed by atoms with Crippen molar-refractivity contribution in [2.75, 3.05) is 6.54 Å². The van der Waals surface area contributed by atoms with Gasteiger partial charge in [0.1, 0.15) is 12.4 Å². The fourth-order valence-electron chi connectivity index (χ4n) is 4.43. The summed E-state index contributed by atoms with van der Waals surface area (Å²) in [7, 11) is 0. The first kappa shape index (κ1) is 23.7. The van der Waals surface area contributed by atoms with Gasteiger partial charge in [-0.25, -0.2) is 0 Å². The van der Waals surface area contributed by atoms with Gasteiger partial charge in [-0.05, 0) is 73.7 Å². The van der Waals surface area contributed by atoms with Crippen LogP contribution in [0, 0.1) is 6.92 Å². The number of rotatable bonds is 11. The lowest BCUT2D eigenvalue weighted by Gasteiger charge is -2.21. The van der Waals surface area contributed by atoms with Crippen LogP contribution < -0.4 is 10.1 Å². The lowest BCUT2D eigenvalue weighted by atomic mass is 9.88. The molecule has 0 bridgehead atoms. The van der Waals surface area contributed by atoms with E-state index in [1.807, 2.05) is 18.2 Å². The van der Waals surface area contributed by atoms with Crippen molar-refractivity contribution < 1.29 is 4.74 Å². The van der Waals surface area contributed by atoms with Crippen molar-refractivity contribution in [3.63, 3.8) is 0 Å². The molecule has 3 nitrogen and oxygen atoms in total. The third-order valence-corrected chi connectivity index (χ3v) is 6.21. The SMILES string of the molecule is Cc1cc(CC(C)NCCC(c2ccccc2)c2ccccc2)ccc1OCc1ccccn1. The summed E-state index contributed by atoms with van der Waals surface area (Å²) in [4.78, 5) is 4.33. The third kappa shape index (κ3) is 6.79. The van der Waals surface area contributed by atoms with Crippen LogP contribution in [0.15, 0.2) is 103 Å². The second-order valence-corrected chi connectivity index (χ2v) is 8.93. The van der Waals surface area contributed by atoms with E-state index in [9.17, 15) is 0 Å². The van der Waals surface area contributed by atoms with Crippen LogP contribution in [0.1, 0.15) is 47.2 Å². The maximum absolute atomic E-state index is 5.98. The van der Waals surface area contributed by atoms with Gasteiger partial charge in [-0.1, -0.05) is 78.9 Å². The molecule has 3 heteroatoms. The molecule has 34 heavy (non-hydrogen) atoms. The first-order valence-electron chi connectivity index (χ1n) is 12.1. The zero-order valence-corrected chi connectivity index (χ0v) is 20.2. The van der Waals surface area contributed by atoms with Gasteiger partial charge in [0.2, 0.25) is 0 Å². The average molecular weight is 451 g/mol. The van der Waals surface area contributed by atoms with E-state index in [-0.39, 0.29) is 0 Å². The zero-order chi connectivity index (χ0) is 23.6. The molecule has 1 N–H and O–H groups in total. The van der Waals surface area contributed by atoms with Gasteiger partial charge in [-0.15, -0.1) is 0 Å². The van der Waals surface area contributed by atoms with Gasteiger partial charge >= 0.3 is 0 Å². The highest BCUT2D eigenvalue weighted by molar-refractivity contribution is 5.37. The monoisotopic (exact) mass is 450 g/mol. The Balaban J connectivity index is 1.30. The number of ether oxygens (including phenoxy) is 1. The molecule has 0 aliphatic rings. The van der Waals surface area contributed by atoms with Crippen LogP contribution in [0.5, 0.6) is 5.75 Å². The highest BCUT2D eigenvalue weighted by Crippen LogP contribution is 2.27. The quantitative estimate of drug-likeness (QED) is 0.276. The second-order valence-electron chi connectivity index (χ2n) is 8.93. The molecule has 0 spiro atoms. The first-order valence-corrected chi connectivity index (χ1v) is 12.1. The summed E-state index contributed by atoms with van der Waals surface area (Å²) in [6.45, 7) is 5.84. The molecule has 1 aromatic heterocycles. The molecule has 0 fully saturated rings. The summed E-state index contributed by atoms with van der Waals surface area (Å²) in [5, 5.41) is 3.74. The van der Waals surface area contributed by atoms with Crippen molar-refractivity contribution in [2.45, 2.75) is 45.3 Å². The number of aromatic nitrogens is 1. The van der Waals surface area contributed by atoms with Crippen LogP contribution >= 0.6 is 0 Å². The molecule has 174 valence electrons. The number of nitrogens with zero attached hydrogens (tertiary/aromatic N) is 1. The smallest absolute Gasteiger partial charge is 0.130 e. The van der Waals surface area contributed by atoms with Crippen molar-refractivity contribution >= 4 is 0 Å². The summed E-state index contributed by atoms with van der Waals surface area (Å²) in [6.07, 6.45) is 3.85. The summed E-state index contributed by atoms with van der Waals surface area (Å²) in [6, 6.07) is 34.4. The molecule has 3 aromatic carbocycles. The molecule has 0 aliphatic heterocycles. The highest BCUT2D eigenvalue weighted by Gasteiger charge is 2.14. The molecule has 1 heterocycles. The molecular formula is C31H34N2O. The van der Waals surface area contributed by atoms with Crippen molar-refractivity contribution in [3.8, 4) is 5.75 Å². The van der Waals surface area contributed by atoms with E-state index in [0.717, 1.165) is 36.4 Å². The summed E-state index contributed by atoms with van der Waals surface area (Å²) in [5.41, 5.74) is 6.17. The normalized spacial score (nSPS) is 12.0. The number of benzene rings is 3. The number of nitrogens with one attached hydrogen (secondary N) is 1. The van der Waals surface area contributed by atoms with Crippen molar-refractivity contribution in [1.29, 1.82) is 0 Å². The summed E-state index contributed by atoms with van der Waals surface area (Å²) >= 11 is 0. The van der Waals surface area contributed by atoms with Crippen LogP contribution in [0.3, 0.4) is 0 Å². The highest BCUT2D eigenvalue weighted by atomic mass is 16.5. The molecule has 0 saturated heterocycles. The Kier molecular flexibility index (Phi) is 8.48. The Morgan fingerprint density at radius 1 is 0.824 bits per heavy atom. The van der Waals surface area contributed by atoms with Gasteiger partial charge in [-0.3, -0.25) is 4.98 Å². The summed E-state index contributed by atoms with van der Waals surface area (Å²) < 4.78 is 5.98. The Morgan fingerprint density at radius 3 is 2.12 bits per heavy atom. The van der Waals surface area contributed by atoms with Gasteiger partial charge < -0.3 is 10.1 Å². The molecule has 4 rings (SSSR count).